The van der Waals surface area contributed by atoms with Crippen LogP contribution in [-0.4, -0.2) is 31.9 Å². The molecule has 6 nitrogen and oxygen atoms in total. The Hall–Kier alpha value is -1.08. The van der Waals surface area contributed by atoms with Crippen LogP contribution in [0.1, 0.15) is 42.6 Å². The third-order valence-electron chi connectivity index (χ3n) is 3.13. The van der Waals surface area contributed by atoms with Crippen molar-refractivity contribution in [2.24, 2.45) is 5.84 Å². The molecule has 3 N–H and O–H groups in total. The second-order valence-corrected chi connectivity index (χ2v) is 5.88. The van der Waals surface area contributed by atoms with E-state index in [4.69, 9.17) is 5.84 Å². The molecule has 1 saturated carbocycles. The minimum Gasteiger partial charge on any atom is -0.289 e. The first-order valence-corrected chi connectivity index (χ1v) is 7.37. The molecule has 1 aliphatic carbocycles. The molecule has 1 aromatic heterocycles. The van der Waals surface area contributed by atoms with Gasteiger partial charge in [-0.1, -0.05) is 24.5 Å². The summed E-state index contributed by atoms with van der Waals surface area (Å²) in [6, 6.07) is 0. The Kier molecular flexibility index (Phi) is 5.00. The number of nitrogens with two attached hydrogens (primary N) is 1. The molecule has 0 radical (unpaired) electrons. The normalized spacial score (nSPS) is 16.7. The summed E-state index contributed by atoms with van der Waals surface area (Å²) in [6.45, 7) is 0.784. The van der Waals surface area contributed by atoms with Gasteiger partial charge in [-0.15, -0.1) is 5.10 Å². The van der Waals surface area contributed by atoms with Gasteiger partial charge in [0.1, 0.15) is 0 Å². The molecular formula is C11H19N5OS. The van der Waals surface area contributed by atoms with Crippen molar-refractivity contribution in [1.29, 1.82) is 0 Å². The van der Waals surface area contributed by atoms with E-state index in [0.29, 0.717) is 0 Å². The second kappa shape index (κ2) is 6.75. The summed E-state index contributed by atoms with van der Waals surface area (Å²) in [5.74, 6) is 5.64. The molecule has 1 fully saturated rings. The van der Waals surface area contributed by atoms with Gasteiger partial charge in [0, 0.05) is 11.0 Å². The van der Waals surface area contributed by atoms with Crippen LogP contribution < -0.4 is 11.3 Å². The van der Waals surface area contributed by atoms with Gasteiger partial charge in [-0.05, 0) is 12.8 Å². The Bertz CT molecular complexity index is 389. The Labute approximate surface area is 111 Å². The average Bonchev–Trinajstić information content (AvgIpc) is 2.88. The van der Waals surface area contributed by atoms with E-state index in [1.54, 1.807) is 10.9 Å². The second-order valence-electron chi connectivity index (χ2n) is 4.47. The highest BCUT2D eigenvalue weighted by atomic mass is 32.2. The molecule has 1 aliphatic rings. The lowest BCUT2D eigenvalue weighted by Crippen LogP contribution is -2.30. The molecule has 7 heteroatoms. The molecule has 0 aliphatic heterocycles. The molecule has 0 saturated heterocycles. The molecule has 1 heterocycles. The first kappa shape index (κ1) is 13.4. The van der Waals surface area contributed by atoms with Crippen LogP contribution >= 0.6 is 11.8 Å². The van der Waals surface area contributed by atoms with Gasteiger partial charge in [0.2, 0.25) is 0 Å². The van der Waals surface area contributed by atoms with Crippen molar-refractivity contribution < 1.29 is 4.79 Å². The number of hydrogen-bond donors (Lipinski definition) is 2. The molecule has 1 aromatic rings. The number of nitrogen functional groups attached to an aromatic ring is 1. The molecule has 0 unspecified atom stereocenters. The fourth-order valence-electron chi connectivity index (χ4n) is 2.13. The van der Waals surface area contributed by atoms with Gasteiger partial charge >= 0.3 is 0 Å². The van der Waals surface area contributed by atoms with Crippen LogP contribution in [-0.2, 0) is 6.54 Å². The number of carbonyl (C=O) groups is 1. The Morgan fingerprint density at radius 3 is 3.00 bits per heavy atom. The number of rotatable bonds is 5. The monoisotopic (exact) mass is 269 g/mol. The molecule has 0 bridgehead atoms. The molecule has 0 atom stereocenters. The lowest BCUT2D eigenvalue weighted by Gasteiger charge is -2.20. The van der Waals surface area contributed by atoms with Crippen LogP contribution in [0.5, 0.6) is 0 Å². The van der Waals surface area contributed by atoms with E-state index in [2.05, 4.69) is 10.3 Å². The van der Waals surface area contributed by atoms with Crippen molar-refractivity contribution in [3.63, 3.8) is 0 Å². The number of hydrogen-bond acceptors (Lipinski definition) is 5. The van der Waals surface area contributed by atoms with Crippen molar-refractivity contribution in [3.8, 4) is 0 Å². The highest BCUT2D eigenvalue weighted by Gasteiger charge is 2.14. The zero-order valence-corrected chi connectivity index (χ0v) is 11.2. The zero-order chi connectivity index (χ0) is 12.8. The van der Waals surface area contributed by atoms with Crippen LogP contribution in [0.25, 0.3) is 0 Å². The summed E-state index contributed by atoms with van der Waals surface area (Å²) in [5, 5.41) is 8.47. The third kappa shape index (κ3) is 3.71. The highest BCUT2D eigenvalue weighted by molar-refractivity contribution is 7.99. The predicted molar refractivity (Wildman–Crippen MR) is 71.0 cm³/mol. The molecule has 100 valence electrons. The van der Waals surface area contributed by atoms with E-state index >= 15 is 0 Å². The van der Waals surface area contributed by atoms with Crippen LogP contribution in [0.4, 0.5) is 0 Å². The number of amides is 1. The van der Waals surface area contributed by atoms with Gasteiger partial charge in [0.15, 0.2) is 5.69 Å². The number of aryl methyl sites for hydroxylation is 1. The van der Waals surface area contributed by atoms with E-state index in [9.17, 15) is 4.79 Å². The Morgan fingerprint density at radius 1 is 1.50 bits per heavy atom. The van der Waals surface area contributed by atoms with E-state index < -0.39 is 5.91 Å². The lowest BCUT2D eigenvalue weighted by molar-refractivity contribution is 0.0948. The summed E-state index contributed by atoms with van der Waals surface area (Å²) < 4.78 is 1.69. The van der Waals surface area contributed by atoms with Gasteiger partial charge in [-0.25, -0.2) is 5.84 Å². The largest absolute Gasteiger partial charge is 0.289 e. The van der Waals surface area contributed by atoms with Gasteiger partial charge in [-0.2, -0.15) is 11.8 Å². The maximum atomic E-state index is 11.2. The van der Waals surface area contributed by atoms with Gasteiger partial charge < -0.3 is 0 Å². The SMILES string of the molecule is NNC(=O)c1cn(CCSC2CCCCC2)nn1. The van der Waals surface area contributed by atoms with Crippen LogP contribution in [0.2, 0.25) is 0 Å². The Morgan fingerprint density at radius 2 is 2.28 bits per heavy atom. The van der Waals surface area contributed by atoms with Crippen molar-refractivity contribution >= 4 is 17.7 Å². The maximum absolute atomic E-state index is 11.2. The van der Waals surface area contributed by atoms with E-state index in [1.165, 1.54) is 32.1 Å². The summed E-state index contributed by atoms with van der Waals surface area (Å²) in [4.78, 5) is 11.2. The maximum Gasteiger partial charge on any atom is 0.287 e. The molecule has 1 amide bonds. The van der Waals surface area contributed by atoms with Crippen LogP contribution in [0.3, 0.4) is 0 Å². The van der Waals surface area contributed by atoms with Crippen molar-refractivity contribution in [1.82, 2.24) is 20.4 Å². The number of aromatic nitrogens is 3. The quantitative estimate of drug-likeness (QED) is 0.472. The zero-order valence-electron chi connectivity index (χ0n) is 10.3. The van der Waals surface area contributed by atoms with Gasteiger partial charge in [0.25, 0.3) is 5.91 Å². The predicted octanol–water partition coefficient (Wildman–Crippen LogP) is 0.947. The van der Waals surface area contributed by atoms with Gasteiger partial charge in [0.05, 0.1) is 12.7 Å². The summed E-state index contributed by atoms with van der Waals surface area (Å²) in [7, 11) is 0. The van der Waals surface area contributed by atoms with Crippen molar-refractivity contribution in [2.45, 2.75) is 43.9 Å². The number of nitrogens with zero attached hydrogens (tertiary/aromatic N) is 3. The van der Waals surface area contributed by atoms with E-state index in [0.717, 1.165) is 17.5 Å². The molecule has 2 rings (SSSR count). The van der Waals surface area contributed by atoms with Gasteiger partial charge in [-0.3, -0.25) is 14.9 Å². The number of thioether (sulfide) groups is 1. The first-order chi connectivity index (χ1) is 8.79. The molecule has 0 spiro atoms. The third-order valence-corrected chi connectivity index (χ3v) is 4.49. The van der Waals surface area contributed by atoms with Crippen molar-refractivity contribution in [2.75, 3.05) is 5.75 Å². The number of carbonyl (C=O) groups excluding carboxylic acids is 1. The summed E-state index contributed by atoms with van der Waals surface area (Å²) in [5.41, 5.74) is 2.31. The Balaban J connectivity index is 1.72. The standard InChI is InChI=1S/C11H19N5OS/c12-13-11(17)10-8-16(15-14-10)6-7-18-9-4-2-1-3-5-9/h8-9H,1-7,12H2,(H,13,17). The minimum absolute atomic E-state index is 0.264. The first-order valence-electron chi connectivity index (χ1n) is 6.32. The minimum atomic E-state index is -0.402. The molecular weight excluding hydrogens is 250 g/mol. The highest BCUT2D eigenvalue weighted by Crippen LogP contribution is 2.28. The number of nitrogens with one attached hydrogen (secondary N) is 1. The number of hydrazine groups is 1. The molecule has 18 heavy (non-hydrogen) atoms. The van der Waals surface area contributed by atoms with Crippen LogP contribution in [0.15, 0.2) is 6.20 Å². The summed E-state index contributed by atoms with van der Waals surface area (Å²) in [6.07, 6.45) is 8.41. The molecule has 0 aromatic carbocycles. The topological polar surface area (TPSA) is 85.8 Å². The van der Waals surface area contributed by atoms with E-state index in [-0.39, 0.29) is 5.69 Å². The van der Waals surface area contributed by atoms with Crippen molar-refractivity contribution in [3.05, 3.63) is 11.9 Å². The van der Waals surface area contributed by atoms with Crippen LogP contribution in [0, 0.1) is 0 Å². The summed E-state index contributed by atoms with van der Waals surface area (Å²) >= 11 is 2.00. The van der Waals surface area contributed by atoms with E-state index in [1.807, 2.05) is 17.2 Å². The lowest BCUT2D eigenvalue weighted by atomic mass is 10.0. The fourth-order valence-corrected chi connectivity index (χ4v) is 3.42. The average molecular weight is 269 g/mol. The smallest absolute Gasteiger partial charge is 0.287 e. The fraction of sp³-hybridized carbons (Fsp3) is 0.727.